The summed E-state index contributed by atoms with van der Waals surface area (Å²) in [4.78, 5) is 10.3. The first kappa shape index (κ1) is 19.4. The van der Waals surface area contributed by atoms with E-state index in [-0.39, 0.29) is 6.42 Å². The second kappa shape index (κ2) is 14.8. The topological polar surface area (TPSA) is 57.5 Å². The van der Waals surface area contributed by atoms with E-state index >= 15 is 0 Å². The molecule has 0 rings (SSSR count). The molecule has 0 saturated heterocycles. The molecule has 0 radical (unpaired) electrons. The number of rotatable bonds is 12. The second-order valence-electron chi connectivity index (χ2n) is 4.84. The summed E-state index contributed by atoms with van der Waals surface area (Å²) >= 11 is 0. The SMILES string of the molecule is CC/C=C\C/C=C\C[C@H](O)/C=C/C=C\CCCCC(=O)O. The monoisotopic (exact) mass is 292 g/mol. The lowest BCUT2D eigenvalue weighted by Crippen LogP contribution is -1.98. The molecule has 1 atom stereocenters. The van der Waals surface area contributed by atoms with Crippen LogP contribution in [0.1, 0.15) is 51.9 Å². The average molecular weight is 292 g/mol. The van der Waals surface area contributed by atoms with Gasteiger partial charge in [-0.2, -0.15) is 0 Å². The van der Waals surface area contributed by atoms with Crippen molar-refractivity contribution in [3.8, 4) is 0 Å². The van der Waals surface area contributed by atoms with E-state index in [9.17, 15) is 9.90 Å². The third kappa shape index (κ3) is 16.3. The minimum Gasteiger partial charge on any atom is -0.481 e. The van der Waals surface area contributed by atoms with Crippen molar-refractivity contribution in [2.45, 2.75) is 58.0 Å². The molecule has 0 bridgehead atoms. The number of aliphatic hydroxyl groups excluding tert-OH is 1. The minimum atomic E-state index is -0.736. The molecule has 0 aromatic carbocycles. The van der Waals surface area contributed by atoms with E-state index in [1.807, 2.05) is 24.3 Å². The van der Waals surface area contributed by atoms with Crippen molar-refractivity contribution in [3.05, 3.63) is 48.6 Å². The summed E-state index contributed by atoms with van der Waals surface area (Å²) in [5, 5.41) is 18.2. The third-order valence-electron chi connectivity index (χ3n) is 2.81. The number of aliphatic hydroxyl groups is 1. The Kier molecular flexibility index (Phi) is 13.7. The number of hydrogen-bond acceptors (Lipinski definition) is 2. The van der Waals surface area contributed by atoms with E-state index in [4.69, 9.17) is 5.11 Å². The molecule has 2 N–H and O–H groups in total. The molecule has 0 unspecified atom stereocenters. The van der Waals surface area contributed by atoms with Gasteiger partial charge in [0, 0.05) is 6.42 Å². The quantitative estimate of drug-likeness (QED) is 0.318. The molecular weight excluding hydrogens is 264 g/mol. The molecule has 0 saturated carbocycles. The van der Waals surface area contributed by atoms with Crippen molar-refractivity contribution in [1.29, 1.82) is 0 Å². The van der Waals surface area contributed by atoms with Crippen LogP contribution in [0.15, 0.2) is 48.6 Å². The molecular formula is C18H28O3. The fourth-order valence-corrected chi connectivity index (χ4v) is 1.66. The van der Waals surface area contributed by atoms with Crippen LogP contribution in [0.2, 0.25) is 0 Å². The molecule has 0 heterocycles. The van der Waals surface area contributed by atoms with Crippen LogP contribution >= 0.6 is 0 Å². The molecule has 0 aliphatic carbocycles. The van der Waals surface area contributed by atoms with Gasteiger partial charge < -0.3 is 10.2 Å². The maximum atomic E-state index is 10.3. The first-order valence-electron chi connectivity index (χ1n) is 7.70. The van der Waals surface area contributed by atoms with E-state index in [1.54, 1.807) is 6.08 Å². The predicted molar refractivity (Wildman–Crippen MR) is 88.2 cm³/mol. The summed E-state index contributed by atoms with van der Waals surface area (Å²) in [6, 6.07) is 0. The van der Waals surface area contributed by atoms with Gasteiger partial charge in [-0.15, -0.1) is 0 Å². The molecule has 0 aliphatic rings. The minimum absolute atomic E-state index is 0.238. The highest BCUT2D eigenvalue weighted by Crippen LogP contribution is 2.01. The molecule has 3 nitrogen and oxygen atoms in total. The van der Waals surface area contributed by atoms with Gasteiger partial charge in [0.15, 0.2) is 0 Å². The normalized spacial score (nSPS) is 14.0. The van der Waals surface area contributed by atoms with Crippen LogP contribution in [-0.4, -0.2) is 22.3 Å². The molecule has 0 spiro atoms. The van der Waals surface area contributed by atoms with Gasteiger partial charge in [0.05, 0.1) is 6.10 Å². The van der Waals surface area contributed by atoms with Crippen LogP contribution in [0.4, 0.5) is 0 Å². The number of carboxylic acid groups (broad SMARTS) is 1. The summed E-state index contributed by atoms with van der Waals surface area (Å²) in [7, 11) is 0. The Hall–Kier alpha value is -1.61. The Balaban J connectivity index is 3.62. The van der Waals surface area contributed by atoms with Gasteiger partial charge in [-0.05, 0) is 38.5 Å². The first-order chi connectivity index (χ1) is 10.2. The van der Waals surface area contributed by atoms with Crippen LogP contribution in [0.5, 0.6) is 0 Å². The number of hydrogen-bond donors (Lipinski definition) is 2. The lowest BCUT2D eigenvalue weighted by Gasteiger charge is -1.98. The van der Waals surface area contributed by atoms with E-state index < -0.39 is 12.1 Å². The zero-order chi connectivity index (χ0) is 15.8. The number of carbonyl (C=O) groups is 1. The Morgan fingerprint density at radius 1 is 1.05 bits per heavy atom. The van der Waals surface area contributed by atoms with Gasteiger partial charge in [-0.3, -0.25) is 4.79 Å². The summed E-state index contributed by atoms with van der Waals surface area (Å²) in [6.07, 6.45) is 20.6. The molecule has 0 aromatic rings. The largest absolute Gasteiger partial charge is 0.481 e. The molecule has 21 heavy (non-hydrogen) atoms. The molecule has 0 aromatic heterocycles. The first-order valence-corrected chi connectivity index (χ1v) is 7.70. The summed E-state index contributed by atoms with van der Waals surface area (Å²) < 4.78 is 0. The van der Waals surface area contributed by atoms with Gasteiger partial charge in [0.1, 0.15) is 0 Å². The standard InChI is InChI=1S/C18H28O3/c1-2-3-4-5-8-11-14-17(19)15-12-9-6-7-10-13-16-18(20)21/h3-4,6,8-9,11-12,15,17,19H,2,5,7,10,13-14,16H2,1H3,(H,20,21)/b4-3-,9-6-,11-8-,15-12+/t17-/m0/s1. The lowest BCUT2D eigenvalue weighted by molar-refractivity contribution is -0.137. The van der Waals surface area contributed by atoms with Crippen LogP contribution < -0.4 is 0 Å². The van der Waals surface area contributed by atoms with Gasteiger partial charge in [-0.25, -0.2) is 0 Å². The number of carboxylic acids is 1. The smallest absolute Gasteiger partial charge is 0.303 e. The van der Waals surface area contributed by atoms with E-state index in [0.29, 0.717) is 12.8 Å². The molecule has 3 heteroatoms. The van der Waals surface area contributed by atoms with Crippen LogP contribution in [0.3, 0.4) is 0 Å². The number of aliphatic carboxylic acids is 1. The molecule has 0 fully saturated rings. The van der Waals surface area contributed by atoms with Gasteiger partial charge >= 0.3 is 5.97 Å². The van der Waals surface area contributed by atoms with E-state index in [1.165, 1.54) is 0 Å². The number of unbranched alkanes of at least 4 members (excludes halogenated alkanes) is 2. The average Bonchev–Trinajstić information content (AvgIpc) is 2.45. The van der Waals surface area contributed by atoms with Crippen molar-refractivity contribution in [2.75, 3.05) is 0 Å². The molecule has 0 amide bonds. The Morgan fingerprint density at radius 3 is 2.52 bits per heavy atom. The van der Waals surface area contributed by atoms with Crippen molar-refractivity contribution in [3.63, 3.8) is 0 Å². The Morgan fingerprint density at radius 2 is 1.81 bits per heavy atom. The van der Waals surface area contributed by atoms with Crippen molar-refractivity contribution in [1.82, 2.24) is 0 Å². The maximum Gasteiger partial charge on any atom is 0.303 e. The van der Waals surface area contributed by atoms with Gasteiger partial charge in [0.25, 0.3) is 0 Å². The van der Waals surface area contributed by atoms with Crippen LogP contribution in [-0.2, 0) is 4.79 Å². The van der Waals surface area contributed by atoms with Crippen molar-refractivity contribution in [2.24, 2.45) is 0 Å². The number of allylic oxidation sites excluding steroid dienone is 6. The van der Waals surface area contributed by atoms with E-state index in [2.05, 4.69) is 25.2 Å². The molecule has 118 valence electrons. The van der Waals surface area contributed by atoms with Gasteiger partial charge in [0.2, 0.25) is 0 Å². The zero-order valence-electron chi connectivity index (χ0n) is 12.9. The predicted octanol–water partition coefficient (Wildman–Crippen LogP) is 4.41. The van der Waals surface area contributed by atoms with Crippen LogP contribution in [0, 0.1) is 0 Å². The lowest BCUT2D eigenvalue weighted by atomic mass is 10.2. The highest BCUT2D eigenvalue weighted by molar-refractivity contribution is 5.66. The van der Waals surface area contributed by atoms with E-state index in [0.717, 1.165) is 25.7 Å². The van der Waals surface area contributed by atoms with Crippen molar-refractivity contribution >= 4 is 5.97 Å². The van der Waals surface area contributed by atoms with Crippen molar-refractivity contribution < 1.29 is 15.0 Å². The highest BCUT2D eigenvalue weighted by Gasteiger charge is 1.94. The van der Waals surface area contributed by atoms with Crippen LogP contribution in [0.25, 0.3) is 0 Å². The van der Waals surface area contributed by atoms with Gasteiger partial charge in [-0.1, -0.05) is 55.5 Å². The summed E-state index contributed by atoms with van der Waals surface area (Å²) in [5.74, 6) is -0.736. The molecule has 0 aliphatic heterocycles. The second-order valence-corrected chi connectivity index (χ2v) is 4.84. The fourth-order valence-electron chi connectivity index (χ4n) is 1.66. The highest BCUT2D eigenvalue weighted by atomic mass is 16.4. The maximum absolute atomic E-state index is 10.3. The third-order valence-corrected chi connectivity index (χ3v) is 2.81. The zero-order valence-corrected chi connectivity index (χ0v) is 12.9. The summed E-state index contributed by atoms with van der Waals surface area (Å²) in [5.41, 5.74) is 0. The fraction of sp³-hybridized carbons (Fsp3) is 0.500. The summed E-state index contributed by atoms with van der Waals surface area (Å²) in [6.45, 7) is 2.11. The Bertz CT molecular complexity index is 365. The Labute approximate surface area is 128 Å².